The SMILES string of the molecule is CC(C)(C)c1cccc(C(C)(C)C)c1[O-].CC(C)(C)c1cccc(C(C)(C)C)c1[O-].CC[O-].CC[O-].CN(C)C(=N)N(C)C.CN(C)C(=N)N(C)C.[Zn+2].[Zn+2]. The Balaban J connectivity index is -0.000000138. The third-order valence-corrected chi connectivity index (χ3v) is 6.96. The van der Waals surface area contributed by atoms with Crippen molar-refractivity contribution in [3.63, 3.8) is 0 Å². The van der Waals surface area contributed by atoms with Crippen molar-refractivity contribution in [2.75, 3.05) is 69.6 Å². The van der Waals surface area contributed by atoms with Crippen LogP contribution in [0.1, 0.15) is 119 Å². The van der Waals surface area contributed by atoms with Crippen LogP contribution in [0.5, 0.6) is 11.5 Å². The van der Waals surface area contributed by atoms with Gasteiger partial charge in [-0.25, -0.2) is 0 Å². The maximum absolute atomic E-state index is 12.3. The van der Waals surface area contributed by atoms with E-state index in [2.05, 4.69) is 83.1 Å². The zero-order valence-electron chi connectivity index (χ0n) is 38.7. The van der Waals surface area contributed by atoms with Gasteiger partial charge in [0.1, 0.15) is 0 Å². The van der Waals surface area contributed by atoms with Gasteiger partial charge >= 0.3 is 39.0 Å². The molecule has 304 valence electrons. The molecule has 0 spiro atoms. The molecule has 0 saturated heterocycles. The molecular formula is C42H78N6O4Zn2. The number of hydrogen-bond donors (Lipinski definition) is 2. The largest absolute Gasteiger partial charge is 2.00 e. The van der Waals surface area contributed by atoms with Crippen LogP contribution in [0, 0.1) is 10.8 Å². The fourth-order valence-corrected chi connectivity index (χ4v) is 4.24. The Kier molecular flexibility index (Phi) is 34.3. The minimum atomic E-state index is -0.0711. The number of nitrogens with zero attached hydrogens (tertiary/aromatic N) is 4. The second kappa shape index (κ2) is 29.1. The van der Waals surface area contributed by atoms with Gasteiger partial charge < -0.3 is 40.0 Å². The molecule has 0 heterocycles. The standard InChI is InChI=1S/2C14H22O.2C5H13N3.2C2H5O.2Zn/c2*1-13(2,3)10-8-7-9-11(12(10)15)14(4,5)6;2*1-7(2)5(6)8(3)4;2*1-2-3;;/h2*7-9,15H,1-6H3;2*6H,1-4H3;2*2H2,1H3;;/q;;;;2*-1;2*+2/p-2. The Morgan fingerprint density at radius 3 is 0.648 bits per heavy atom. The zero-order valence-corrected chi connectivity index (χ0v) is 44.6. The fourth-order valence-electron chi connectivity index (χ4n) is 4.24. The number of rotatable bonds is 0. The van der Waals surface area contributed by atoms with Crippen molar-refractivity contribution < 1.29 is 59.4 Å². The summed E-state index contributed by atoms with van der Waals surface area (Å²) in [5, 5.41) is 56.9. The quantitative estimate of drug-likeness (QED) is 0.200. The van der Waals surface area contributed by atoms with E-state index >= 15 is 0 Å². The van der Waals surface area contributed by atoms with Crippen molar-refractivity contribution in [3.8, 4) is 11.5 Å². The summed E-state index contributed by atoms with van der Waals surface area (Å²) >= 11 is 0. The topological polar surface area (TPSA) is 153 Å². The van der Waals surface area contributed by atoms with Gasteiger partial charge in [0.15, 0.2) is 11.9 Å². The second-order valence-corrected chi connectivity index (χ2v) is 17.2. The Bertz CT molecular complexity index is 1110. The minimum Gasteiger partial charge on any atom is -0.872 e. The summed E-state index contributed by atoms with van der Waals surface area (Å²) in [5.74, 6) is 1.45. The van der Waals surface area contributed by atoms with E-state index in [1.54, 1.807) is 33.4 Å². The molecule has 12 heteroatoms. The van der Waals surface area contributed by atoms with Crippen molar-refractivity contribution in [2.24, 2.45) is 0 Å². The summed E-state index contributed by atoms with van der Waals surface area (Å²) in [6, 6.07) is 11.7. The minimum absolute atomic E-state index is 0. The van der Waals surface area contributed by atoms with Gasteiger partial charge in [0.2, 0.25) is 0 Å². The number of guanidine groups is 2. The van der Waals surface area contributed by atoms with Gasteiger partial charge in [-0.15, -0.1) is 24.7 Å². The van der Waals surface area contributed by atoms with E-state index in [9.17, 15) is 10.2 Å². The monoisotopic (exact) mass is 858 g/mol. The maximum atomic E-state index is 12.3. The molecule has 10 nitrogen and oxygen atoms in total. The summed E-state index contributed by atoms with van der Waals surface area (Å²) in [5.41, 5.74) is 3.36. The van der Waals surface area contributed by atoms with Crippen molar-refractivity contribution in [1.29, 1.82) is 10.8 Å². The number of nitrogens with one attached hydrogen (secondary N) is 2. The molecule has 0 amide bonds. The predicted molar refractivity (Wildman–Crippen MR) is 218 cm³/mol. The molecule has 0 unspecified atom stereocenters. The zero-order chi connectivity index (χ0) is 42.6. The Morgan fingerprint density at radius 1 is 0.444 bits per heavy atom. The molecule has 2 N–H and O–H groups in total. The van der Waals surface area contributed by atoms with E-state index in [0.717, 1.165) is 22.3 Å². The van der Waals surface area contributed by atoms with Crippen LogP contribution in [-0.4, -0.2) is 101 Å². The van der Waals surface area contributed by atoms with E-state index in [-0.39, 0.29) is 85.3 Å². The van der Waals surface area contributed by atoms with E-state index in [1.807, 2.05) is 92.8 Å². The molecule has 0 aromatic heterocycles. The van der Waals surface area contributed by atoms with E-state index in [0.29, 0.717) is 11.9 Å². The van der Waals surface area contributed by atoms with Crippen molar-refractivity contribution in [1.82, 2.24) is 19.6 Å². The van der Waals surface area contributed by atoms with Crippen LogP contribution in [0.15, 0.2) is 36.4 Å². The van der Waals surface area contributed by atoms with Gasteiger partial charge in [-0.05, 0) is 21.7 Å². The Morgan fingerprint density at radius 2 is 0.574 bits per heavy atom. The Hall–Kier alpha value is -2.25. The summed E-state index contributed by atoms with van der Waals surface area (Å²) in [6.45, 7) is 28.1. The molecule has 2 aromatic rings. The molecule has 0 aliphatic heterocycles. The molecular weight excluding hydrogens is 783 g/mol. The van der Waals surface area contributed by atoms with Crippen molar-refractivity contribution in [3.05, 3.63) is 58.7 Å². The number of hydrogen-bond acceptors (Lipinski definition) is 6. The molecule has 54 heavy (non-hydrogen) atoms. The summed E-state index contributed by atoms with van der Waals surface area (Å²) in [6.07, 6.45) is 0. The normalized spacial score (nSPS) is 10.4. The smallest absolute Gasteiger partial charge is 0.872 e. The van der Waals surface area contributed by atoms with Crippen LogP contribution in [0.25, 0.3) is 0 Å². The van der Waals surface area contributed by atoms with Gasteiger partial charge in [0.25, 0.3) is 0 Å². The number of benzene rings is 2. The van der Waals surface area contributed by atoms with E-state index < -0.39 is 0 Å². The van der Waals surface area contributed by atoms with Gasteiger partial charge in [0, 0.05) is 56.4 Å². The van der Waals surface area contributed by atoms with Crippen molar-refractivity contribution in [2.45, 2.75) is 119 Å². The molecule has 2 rings (SSSR count). The first kappa shape index (κ1) is 63.7. The van der Waals surface area contributed by atoms with Crippen LogP contribution < -0.4 is 20.4 Å². The third kappa shape index (κ3) is 27.3. The van der Waals surface area contributed by atoms with Gasteiger partial charge in [0.05, 0.1) is 0 Å². The first-order valence-electron chi connectivity index (χ1n) is 17.9. The summed E-state index contributed by atoms with van der Waals surface area (Å²) in [7, 11) is 14.8. The first-order chi connectivity index (χ1) is 23.2. The average molecular weight is 862 g/mol. The van der Waals surface area contributed by atoms with Gasteiger partial charge in [-0.3, -0.25) is 10.8 Å². The van der Waals surface area contributed by atoms with Crippen LogP contribution >= 0.6 is 0 Å². The van der Waals surface area contributed by atoms with Gasteiger partial charge in [-0.1, -0.05) is 156 Å². The third-order valence-electron chi connectivity index (χ3n) is 6.96. The molecule has 2 aromatic carbocycles. The van der Waals surface area contributed by atoms with Crippen LogP contribution in [0.4, 0.5) is 0 Å². The van der Waals surface area contributed by atoms with Crippen LogP contribution in [0.2, 0.25) is 0 Å². The molecule has 0 aliphatic carbocycles. The Labute approximate surface area is 358 Å². The molecule has 0 bridgehead atoms. The molecule has 0 atom stereocenters. The maximum Gasteiger partial charge on any atom is 2.00 e. The van der Waals surface area contributed by atoms with E-state index in [4.69, 9.17) is 21.0 Å². The molecule has 0 saturated carbocycles. The fraction of sp³-hybridized carbons (Fsp3) is 0.667. The van der Waals surface area contributed by atoms with E-state index in [1.165, 1.54) is 0 Å². The molecule has 0 radical (unpaired) electrons. The van der Waals surface area contributed by atoms with Crippen LogP contribution in [0.3, 0.4) is 0 Å². The second-order valence-electron chi connectivity index (χ2n) is 17.2. The molecule has 0 fully saturated rings. The summed E-state index contributed by atoms with van der Waals surface area (Å²) < 4.78 is 0. The first-order valence-corrected chi connectivity index (χ1v) is 17.9. The number of para-hydroxylation sites is 2. The van der Waals surface area contributed by atoms with Gasteiger partial charge in [-0.2, -0.15) is 0 Å². The molecule has 0 aliphatic rings. The van der Waals surface area contributed by atoms with Crippen LogP contribution in [-0.2, 0) is 60.6 Å². The van der Waals surface area contributed by atoms with Crippen molar-refractivity contribution >= 4 is 11.9 Å². The average Bonchev–Trinajstić information content (AvgIpc) is 2.95. The predicted octanol–water partition coefficient (Wildman–Crippen LogP) is 5.53. The summed E-state index contributed by atoms with van der Waals surface area (Å²) in [4.78, 5) is 7.00.